The summed E-state index contributed by atoms with van der Waals surface area (Å²) in [6, 6.07) is 4.21. The van der Waals surface area contributed by atoms with Crippen molar-refractivity contribution in [3.63, 3.8) is 0 Å². The lowest BCUT2D eigenvalue weighted by atomic mass is 9.62. The second-order valence-electron chi connectivity index (χ2n) is 21.0. The van der Waals surface area contributed by atoms with E-state index in [1.54, 1.807) is 67.1 Å². The number of carbonyl (C=O) groups excluding carboxylic acids is 4. The molecule has 0 aliphatic carbocycles. The van der Waals surface area contributed by atoms with Gasteiger partial charge in [-0.2, -0.15) is 0 Å². The van der Waals surface area contributed by atoms with Gasteiger partial charge in [0.25, 0.3) is 0 Å². The number of nitrogens with zero attached hydrogens (tertiary/aromatic N) is 4. The molecule has 0 spiro atoms. The summed E-state index contributed by atoms with van der Waals surface area (Å²) in [5, 5.41) is 23.3. The fraction of sp³-hybridized carbons (Fsp3) is 0.725. The summed E-state index contributed by atoms with van der Waals surface area (Å²) in [6.45, 7) is 15.4. The number of hydrogen-bond acceptors (Lipinski definition) is 19. The first-order chi connectivity index (χ1) is 32.9. The summed E-state index contributed by atoms with van der Waals surface area (Å²) in [6.07, 6.45) is -6.75. The quantitative estimate of drug-likeness (QED) is 0.197. The summed E-state index contributed by atoms with van der Waals surface area (Å²) >= 11 is 1.40. The molecule has 0 bridgehead atoms. The van der Waals surface area contributed by atoms with Gasteiger partial charge in [0.15, 0.2) is 29.8 Å². The zero-order valence-electron chi connectivity index (χ0n) is 42.7. The first-order valence-electron chi connectivity index (χ1n) is 24.3. The number of ether oxygens (including phenoxy) is 8. The molecule has 19 heteroatoms. The van der Waals surface area contributed by atoms with Crippen molar-refractivity contribution < 1.29 is 67.3 Å². The number of thiophene rings is 1. The molecule has 0 radical (unpaired) electrons. The van der Waals surface area contributed by atoms with Gasteiger partial charge in [0, 0.05) is 55.8 Å². The molecule has 18 atom stereocenters. The van der Waals surface area contributed by atoms with Gasteiger partial charge < -0.3 is 53.0 Å². The van der Waals surface area contributed by atoms with Crippen LogP contribution in [0.25, 0.3) is 10.7 Å². The monoisotopic (exact) mass is 996 g/mol. The predicted molar refractivity (Wildman–Crippen MR) is 255 cm³/mol. The average molecular weight is 997 g/mol. The van der Waals surface area contributed by atoms with Gasteiger partial charge in [0.05, 0.1) is 33.2 Å². The third-order valence-electron chi connectivity index (χ3n) is 15.6. The number of likely N-dealkylation sites (N-methyl/N-ethyl adjacent to an activating group) is 2. The highest BCUT2D eigenvalue weighted by Crippen LogP contribution is 2.56. The molecule has 5 fully saturated rings. The van der Waals surface area contributed by atoms with E-state index in [0.717, 1.165) is 4.88 Å². The highest BCUT2D eigenvalue weighted by Gasteiger charge is 2.71. The van der Waals surface area contributed by atoms with E-state index in [9.17, 15) is 19.8 Å². The molecule has 5 saturated heterocycles. The van der Waals surface area contributed by atoms with Crippen LogP contribution >= 0.6 is 11.3 Å². The number of carbonyl (C=O) groups is 4. The number of aliphatic hydroxyl groups is 2. The Morgan fingerprint density at radius 2 is 1.66 bits per heavy atom. The number of ketones is 2. The normalized spacial score (nSPS) is 41.9. The number of Topliss-reactive ketones (excluding diaryl/α,β-unsaturated/α-hetero) is 2. The summed E-state index contributed by atoms with van der Waals surface area (Å²) < 4.78 is 51.6. The van der Waals surface area contributed by atoms with E-state index in [2.05, 4.69) is 21.8 Å². The van der Waals surface area contributed by atoms with Crippen LogP contribution in [0.1, 0.15) is 92.9 Å². The summed E-state index contributed by atoms with van der Waals surface area (Å²) in [4.78, 5) is 73.5. The highest BCUT2D eigenvalue weighted by molar-refractivity contribution is 7.15. The van der Waals surface area contributed by atoms with E-state index in [-0.39, 0.29) is 38.2 Å². The maximum Gasteiger partial charge on any atom is 0.324 e. The van der Waals surface area contributed by atoms with Gasteiger partial charge in [-0.1, -0.05) is 32.6 Å². The molecule has 2 aromatic rings. The molecule has 0 aromatic carbocycles. The van der Waals surface area contributed by atoms with Crippen molar-refractivity contribution in [2.24, 2.45) is 23.2 Å². The first-order valence-corrected chi connectivity index (χ1v) is 25.1. The minimum absolute atomic E-state index is 0.0581. The van der Waals surface area contributed by atoms with Gasteiger partial charge in [0.1, 0.15) is 54.9 Å². The van der Waals surface area contributed by atoms with Gasteiger partial charge in [-0.3, -0.25) is 24.1 Å². The molecule has 7 rings (SSSR count). The molecule has 7 heterocycles. The Balaban J connectivity index is 1.38. The molecule has 386 valence electrons. The Kier molecular flexibility index (Phi) is 16.2. The number of rotatable bonds is 10. The SMILES string of the molecule is CC[C@@H]1OC(=O)[C@H](C)C(=O)[C@H](OC2CC(C)(OC)[C@@H](O)[C@H](C)O2)[C@@H](O[C@@H]2O[C@H](C)C[C@H](N(C)C)[C@H]2O)[C@@](C)(OCC#Cc2ccc(-c3ncccn3)s2)C[C@@H](C)C(=O)C2(C)CN(C)C3C(=O)O[C@@]1(C)C32. The van der Waals surface area contributed by atoms with Crippen LogP contribution in [0, 0.1) is 35.0 Å². The van der Waals surface area contributed by atoms with Crippen LogP contribution in [0.3, 0.4) is 0 Å². The number of esters is 2. The van der Waals surface area contributed by atoms with Crippen molar-refractivity contribution in [3.05, 3.63) is 35.5 Å². The molecule has 0 amide bonds. The summed E-state index contributed by atoms with van der Waals surface area (Å²) in [7, 11) is 6.90. The van der Waals surface area contributed by atoms with Gasteiger partial charge >= 0.3 is 11.9 Å². The molecule has 5 unspecified atom stereocenters. The van der Waals surface area contributed by atoms with E-state index < -0.39 is 125 Å². The van der Waals surface area contributed by atoms with Crippen LogP contribution in [0.5, 0.6) is 0 Å². The van der Waals surface area contributed by atoms with E-state index in [1.807, 2.05) is 49.9 Å². The van der Waals surface area contributed by atoms with Gasteiger partial charge in [-0.25, -0.2) is 9.97 Å². The van der Waals surface area contributed by atoms with Crippen LogP contribution in [-0.4, -0.2) is 179 Å². The topological polar surface area (TPSA) is 215 Å². The zero-order chi connectivity index (χ0) is 51.2. The number of aromatic nitrogens is 2. The second-order valence-corrected chi connectivity index (χ2v) is 22.1. The largest absolute Gasteiger partial charge is 0.458 e. The van der Waals surface area contributed by atoms with Crippen molar-refractivity contribution in [1.82, 2.24) is 19.8 Å². The van der Waals surface area contributed by atoms with Crippen molar-refractivity contribution in [1.29, 1.82) is 0 Å². The Morgan fingerprint density at radius 3 is 2.31 bits per heavy atom. The Labute approximate surface area is 415 Å². The smallest absolute Gasteiger partial charge is 0.324 e. The predicted octanol–water partition coefficient (Wildman–Crippen LogP) is 3.82. The van der Waals surface area contributed by atoms with Crippen molar-refractivity contribution in [3.8, 4) is 22.5 Å². The summed E-state index contributed by atoms with van der Waals surface area (Å²) in [5.74, 6) is 1.23. The molecule has 5 aliphatic rings. The molecular weight excluding hydrogens is 925 g/mol. The minimum Gasteiger partial charge on any atom is -0.458 e. The molecule has 0 saturated carbocycles. The zero-order valence-corrected chi connectivity index (χ0v) is 43.5. The molecule has 2 aromatic heterocycles. The number of hydrogen-bond donors (Lipinski definition) is 2. The molecule has 2 N–H and O–H groups in total. The fourth-order valence-electron chi connectivity index (χ4n) is 11.8. The second kappa shape index (κ2) is 21.0. The van der Waals surface area contributed by atoms with Crippen LogP contribution in [0.2, 0.25) is 0 Å². The van der Waals surface area contributed by atoms with E-state index in [0.29, 0.717) is 17.1 Å². The molecule has 5 aliphatic heterocycles. The number of aliphatic hydroxyl groups excluding tert-OH is 2. The lowest BCUT2D eigenvalue weighted by Crippen LogP contribution is -2.63. The van der Waals surface area contributed by atoms with Crippen LogP contribution in [-0.2, 0) is 57.1 Å². The van der Waals surface area contributed by atoms with Gasteiger partial charge in [-0.15, -0.1) is 11.3 Å². The van der Waals surface area contributed by atoms with Gasteiger partial charge in [0.2, 0.25) is 0 Å². The van der Waals surface area contributed by atoms with Crippen molar-refractivity contribution in [2.75, 3.05) is 41.4 Å². The van der Waals surface area contributed by atoms with E-state index in [4.69, 9.17) is 37.9 Å². The van der Waals surface area contributed by atoms with E-state index >= 15 is 9.59 Å². The maximum absolute atomic E-state index is 15.6. The van der Waals surface area contributed by atoms with Crippen LogP contribution < -0.4 is 0 Å². The molecule has 18 nitrogen and oxygen atoms in total. The Hall–Kier alpha value is -3.78. The third kappa shape index (κ3) is 10.3. The van der Waals surface area contributed by atoms with Crippen molar-refractivity contribution >= 4 is 34.8 Å². The average Bonchev–Trinajstić information content (AvgIpc) is 4.00. The maximum atomic E-state index is 15.6. The highest BCUT2D eigenvalue weighted by atomic mass is 32.1. The first kappa shape index (κ1) is 54.0. The molecule has 70 heavy (non-hydrogen) atoms. The third-order valence-corrected chi connectivity index (χ3v) is 16.6. The fourth-order valence-corrected chi connectivity index (χ4v) is 12.6. The Morgan fingerprint density at radius 1 is 0.957 bits per heavy atom. The molecular formula is C51H72N4O14S. The minimum atomic E-state index is -1.75. The van der Waals surface area contributed by atoms with Crippen LogP contribution in [0.15, 0.2) is 30.6 Å². The number of likely N-dealkylation sites (tertiary alicyclic amines) is 1. The van der Waals surface area contributed by atoms with E-state index in [1.165, 1.54) is 25.4 Å². The van der Waals surface area contributed by atoms with Crippen LogP contribution in [0.4, 0.5) is 0 Å². The lowest BCUT2D eigenvalue weighted by Gasteiger charge is -2.49. The number of cyclic esters (lactones) is 1. The summed E-state index contributed by atoms with van der Waals surface area (Å²) in [5.41, 5.74) is -5.58. The number of methoxy groups -OCH3 is 1. The standard InChI is InChI=1S/C51H72N4O14S/c1-14-34-51(9)40-36(46(61)69-51)55(12)26-48(40,6)41(58)27(2)24-50(8,63-22-15-17-31-18-19-33(70-31)44-52-20-16-21-53-44)43(68-47-38(57)32(54(10)11)23-28(3)64-47)39(37(56)29(4)45(60)66-34)67-35-25-49(7,62-13)42(59)30(5)65-35/h16,18-21,27-30,32,34-36,38-40,42-43,47,57,59H,14,22-26H2,1-13H3/t27-,28-,29-,30+,32+,34+,35?,36?,38-,39+,40?,42+,43-,47+,48?,49?,50+,51-/m1/s1. The lowest BCUT2D eigenvalue weighted by molar-refractivity contribution is -0.328. The Bertz CT molecular complexity index is 2290. The van der Waals surface area contributed by atoms with Gasteiger partial charge in [-0.05, 0) is 100 Å². The van der Waals surface area contributed by atoms with Crippen molar-refractivity contribution in [2.45, 2.75) is 172 Å².